The van der Waals surface area contributed by atoms with Gasteiger partial charge in [-0.25, -0.2) is 8.78 Å². The highest BCUT2D eigenvalue weighted by atomic mass is 79.9. The summed E-state index contributed by atoms with van der Waals surface area (Å²) in [5, 5.41) is 0. The number of rotatable bonds is 7. The number of halogens is 3. The summed E-state index contributed by atoms with van der Waals surface area (Å²) >= 11 is 3.34. The molecule has 0 aliphatic carbocycles. The summed E-state index contributed by atoms with van der Waals surface area (Å²) in [6, 6.07) is 7.42. The second-order valence-electron chi connectivity index (χ2n) is 3.52. The molecule has 0 saturated heterocycles. The third kappa shape index (κ3) is 5.89. The fourth-order valence-electron chi connectivity index (χ4n) is 1.30. The Morgan fingerprint density at radius 1 is 1.35 bits per heavy atom. The third-order valence-corrected chi connectivity index (χ3v) is 2.89. The van der Waals surface area contributed by atoms with E-state index in [0.29, 0.717) is 6.42 Å². The molecule has 1 aromatic carbocycles. The maximum Gasteiger partial charge on any atom is 0.261 e. The molecule has 2 nitrogen and oxygen atoms in total. The van der Waals surface area contributed by atoms with Crippen LogP contribution >= 0.6 is 15.9 Å². The number of alkyl halides is 2. The van der Waals surface area contributed by atoms with Crippen molar-refractivity contribution >= 4 is 21.7 Å². The SMILES string of the molecule is O=C(CCOCC(F)F)Cc1ccccc1Br. The Kier molecular flexibility index (Phi) is 6.29. The van der Waals surface area contributed by atoms with E-state index in [1.165, 1.54) is 0 Å². The van der Waals surface area contributed by atoms with Crippen LogP contribution in [0.5, 0.6) is 0 Å². The lowest BCUT2D eigenvalue weighted by Gasteiger charge is -2.04. The molecule has 1 aromatic rings. The van der Waals surface area contributed by atoms with Gasteiger partial charge in [0.15, 0.2) is 0 Å². The van der Waals surface area contributed by atoms with E-state index in [-0.39, 0.29) is 18.8 Å². The van der Waals surface area contributed by atoms with E-state index < -0.39 is 13.0 Å². The van der Waals surface area contributed by atoms with Gasteiger partial charge in [0.1, 0.15) is 12.4 Å². The topological polar surface area (TPSA) is 26.3 Å². The minimum Gasteiger partial charge on any atom is -0.375 e. The maximum atomic E-state index is 11.7. The van der Waals surface area contributed by atoms with E-state index >= 15 is 0 Å². The summed E-state index contributed by atoms with van der Waals surface area (Å²) in [5.41, 5.74) is 0.895. The minimum absolute atomic E-state index is 0.0221. The number of carbonyl (C=O) groups is 1. The summed E-state index contributed by atoms with van der Waals surface area (Å²) in [6.07, 6.45) is -2.03. The number of Topliss-reactive ketones (excluding diaryl/α,β-unsaturated/α-hetero) is 1. The van der Waals surface area contributed by atoms with Gasteiger partial charge in [-0.05, 0) is 11.6 Å². The minimum atomic E-state index is -2.48. The van der Waals surface area contributed by atoms with Crippen LogP contribution < -0.4 is 0 Å². The first-order valence-electron chi connectivity index (χ1n) is 5.20. The molecule has 0 fully saturated rings. The molecular formula is C12H13BrF2O2. The molecule has 0 bridgehead atoms. The monoisotopic (exact) mass is 306 g/mol. The molecule has 1 rings (SSSR count). The van der Waals surface area contributed by atoms with Crippen molar-refractivity contribution in [3.63, 3.8) is 0 Å². The number of ketones is 1. The maximum absolute atomic E-state index is 11.7. The highest BCUT2D eigenvalue weighted by Crippen LogP contribution is 2.16. The predicted molar refractivity (Wildman–Crippen MR) is 64.3 cm³/mol. The molecule has 0 N–H and O–H groups in total. The molecule has 0 radical (unpaired) electrons. The predicted octanol–water partition coefficient (Wildman–Crippen LogP) is 3.23. The highest BCUT2D eigenvalue weighted by molar-refractivity contribution is 9.10. The smallest absolute Gasteiger partial charge is 0.261 e. The van der Waals surface area contributed by atoms with Crippen LogP contribution in [0.1, 0.15) is 12.0 Å². The average Bonchev–Trinajstić information content (AvgIpc) is 2.27. The lowest BCUT2D eigenvalue weighted by molar-refractivity contribution is -0.119. The van der Waals surface area contributed by atoms with Crippen LogP contribution in [0.15, 0.2) is 28.7 Å². The van der Waals surface area contributed by atoms with E-state index in [1.54, 1.807) is 0 Å². The van der Waals surface area contributed by atoms with Crippen molar-refractivity contribution in [1.29, 1.82) is 0 Å². The standard InChI is InChI=1S/C12H13BrF2O2/c13-11-4-2-1-3-9(11)7-10(16)5-6-17-8-12(14)15/h1-4,12H,5-8H2. The number of hydrogen-bond acceptors (Lipinski definition) is 2. The van der Waals surface area contributed by atoms with Crippen molar-refractivity contribution in [2.45, 2.75) is 19.3 Å². The molecule has 5 heteroatoms. The first-order chi connectivity index (χ1) is 8.09. The van der Waals surface area contributed by atoms with Crippen molar-refractivity contribution in [1.82, 2.24) is 0 Å². The number of ether oxygens (including phenoxy) is 1. The van der Waals surface area contributed by atoms with E-state index in [1.807, 2.05) is 24.3 Å². The summed E-state index contributed by atoms with van der Waals surface area (Å²) in [7, 11) is 0. The Hall–Kier alpha value is -0.810. The van der Waals surface area contributed by atoms with Crippen LogP contribution in [0.2, 0.25) is 0 Å². The molecule has 0 aliphatic heterocycles. The highest BCUT2D eigenvalue weighted by Gasteiger charge is 2.07. The number of hydrogen-bond donors (Lipinski definition) is 0. The van der Waals surface area contributed by atoms with Gasteiger partial charge in [-0.3, -0.25) is 4.79 Å². The average molecular weight is 307 g/mol. The van der Waals surface area contributed by atoms with Crippen molar-refractivity contribution in [3.05, 3.63) is 34.3 Å². The molecule has 0 saturated carbocycles. The molecular weight excluding hydrogens is 294 g/mol. The van der Waals surface area contributed by atoms with Crippen molar-refractivity contribution in [2.75, 3.05) is 13.2 Å². The van der Waals surface area contributed by atoms with E-state index in [4.69, 9.17) is 0 Å². The van der Waals surface area contributed by atoms with Crippen LogP contribution in [0.4, 0.5) is 8.78 Å². The summed E-state index contributed by atoms with van der Waals surface area (Å²) in [6.45, 7) is -0.560. The lowest BCUT2D eigenvalue weighted by Crippen LogP contribution is -2.11. The van der Waals surface area contributed by atoms with Crippen molar-refractivity contribution in [3.8, 4) is 0 Å². The van der Waals surface area contributed by atoms with E-state index in [9.17, 15) is 13.6 Å². The Morgan fingerprint density at radius 2 is 2.06 bits per heavy atom. The number of carbonyl (C=O) groups excluding carboxylic acids is 1. The zero-order valence-electron chi connectivity index (χ0n) is 9.17. The zero-order chi connectivity index (χ0) is 12.7. The van der Waals surface area contributed by atoms with Crippen molar-refractivity contribution < 1.29 is 18.3 Å². The normalized spacial score (nSPS) is 10.8. The van der Waals surface area contributed by atoms with Gasteiger partial charge in [-0.2, -0.15) is 0 Å². The molecule has 0 aromatic heterocycles. The van der Waals surface area contributed by atoms with E-state index in [2.05, 4.69) is 20.7 Å². The quantitative estimate of drug-likeness (QED) is 0.723. The Morgan fingerprint density at radius 3 is 2.71 bits per heavy atom. The summed E-state index contributed by atoms with van der Waals surface area (Å²) < 4.78 is 29.0. The molecule has 0 heterocycles. The first-order valence-corrected chi connectivity index (χ1v) is 6.00. The fourth-order valence-corrected chi connectivity index (χ4v) is 1.73. The van der Waals surface area contributed by atoms with Crippen molar-refractivity contribution in [2.24, 2.45) is 0 Å². The molecule has 94 valence electrons. The van der Waals surface area contributed by atoms with Crippen LogP contribution in [0.3, 0.4) is 0 Å². The second kappa shape index (κ2) is 7.50. The second-order valence-corrected chi connectivity index (χ2v) is 4.38. The van der Waals surface area contributed by atoms with Crippen LogP contribution in [0.25, 0.3) is 0 Å². The molecule has 0 amide bonds. The Bertz CT molecular complexity index is 369. The molecule has 0 atom stereocenters. The van der Waals surface area contributed by atoms with Gasteiger partial charge < -0.3 is 4.74 Å². The molecule has 0 unspecified atom stereocenters. The largest absolute Gasteiger partial charge is 0.375 e. The van der Waals surface area contributed by atoms with Gasteiger partial charge in [0.25, 0.3) is 6.43 Å². The van der Waals surface area contributed by atoms with Gasteiger partial charge in [0.05, 0.1) is 6.61 Å². The molecule has 0 spiro atoms. The van der Waals surface area contributed by atoms with Crippen LogP contribution in [-0.4, -0.2) is 25.4 Å². The van der Waals surface area contributed by atoms with Gasteiger partial charge in [-0.15, -0.1) is 0 Å². The molecule has 0 aliphatic rings. The Balaban J connectivity index is 2.28. The Labute approximate surface area is 107 Å². The lowest BCUT2D eigenvalue weighted by atomic mass is 10.1. The van der Waals surface area contributed by atoms with Crippen LogP contribution in [-0.2, 0) is 16.0 Å². The van der Waals surface area contributed by atoms with E-state index in [0.717, 1.165) is 10.0 Å². The van der Waals surface area contributed by atoms with Gasteiger partial charge in [0.2, 0.25) is 0 Å². The zero-order valence-corrected chi connectivity index (χ0v) is 10.8. The first kappa shape index (κ1) is 14.3. The van der Waals surface area contributed by atoms with Gasteiger partial charge >= 0.3 is 0 Å². The van der Waals surface area contributed by atoms with Gasteiger partial charge in [0, 0.05) is 17.3 Å². The third-order valence-electron chi connectivity index (χ3n) is 2.11. The van der Waals surface area contributed by atoms with Gasteiger partial charge in [-0.1, -0.05) is 34.1 Å². The number of benzene rings is 1. The summed E-state index contributed by atoms with van der Waals surface area (Å²) in [4.78, 5) is 11.5. The van der Waals surface area contributed by atoms with Crippen LogP contribution in [0, 0.1) is 0 Å². The fraction of sp³-hybridized carbons (Fsp3) is 0.417. The summed E-state index contributed by atoms with van der Waals surface area (Å²) in [5.74, 6) is -0.0221. The molecule has 17 heavy (non-hydrogen) atoms.